The van der Waals surface area contributed by atoms with Gasteiger partial charge < -0.3 is 9.88 Å². The molecule has 0 radical (unpaired) electrons. The van der Waals surface area contributed by atoms with Crippen LogP contribution in [0.5, 0.6) is 0 Å². The van der Waals surface area contributed by atoms with Gasteiger partial charge in [-0.05, 0) is 48.6 Å². The molecule has 0 atom stereocenters. The lowest BCUT2D eigenvalue weighted by atomic mass is 9.89. The zero-order valence-corrected chi connectivity index (χ0v) is 14.6. The van der Waals surface area contributed by atoms with Crippen molar-refractivity contribution in [1.82, 2.24) is 9.97 Å². The average molecular weight is 380 g/mol. The molecule has 4 rings (SSSR count). The molecule has 7 heteroatoms. The second kappa shape index (κ2) is 6.50. The Labute approximate surface area is 153 Å². The van der Waals surface area contributed by atoms with Crippen molar-refractivity contribution in [1.29, 1.82) is 0 Å². The fraction of sp³-hybridized carbons (Fsp3) is 0.316. The van der Waals surface area contributed by atoms with Crippen LogP contribution in [0.2, 0.25) is 5.02 Å². The Kier molecular flexibility index (Phi) is 4.31. The molecular formula is C19H17ClF3N3. The third-order valence-corrected chi connectivity index (χ3v) is 5.28. The van der Waals surface area contributed by atoms with Crippen LogP contribution in [0.15, 0.2) is 42.5 Å². The molecule has 0 aliphatic carbocycles. The van der Waals surface area contributed by atoms with Crippen LogP contribution in [-0.2, 0) is 6.18 Å². The number of nitrogens with zero attached hydrogens (tertiary/aromatic N) is 2. The highest BCUT2D eigenvalue weighted by Crippen LogP contribution is 2.35. The van der Waals surface area contributed by atoms with E-state index in [0.29, 0.717) is 22.9 Å². The fourth-order valence-corrected chi connectivity index (χ4v) is 3.82. The van der Waals surface area contributed by atoms with Crippen molar-refractivity contribution in [2.45, 2.75) is 24.9 Å². The van der Waals surface area contributed by atoms with Crippen LogP contribution in [0.3, 0.4) is 0 Å². The van der Waals surface area contributed by atoms with Crippen molar-refractivity contribution < 1.29 is 13.2 Å². The van der Waals surface area contributed by atoms with Gasteiger partial charge in [0.25, 0.3) is 0 Å². The summed E-state index contributed by atoms with van der Waals surface area (Å²) in [5.74, 6) is 1.01. The Morgan fingerprint density at radius 2 is 1.81 bits per heavy atom. The molecule has 0 saturated carbocycles. The number of hydrogen-bond acceptors (Lipinski definition) is 2. The van der Waals surface area contributed by atoms with E-state index in [4.69, 9.17) is 11.6 Å². The Balaban J connectivity index is 1.52. The van der Waals surface area contributed by atoms with Crippen LogP contribution in [0.25, 0.3) is 11.0 Å². The van der Waals surface area contributed by atoms with Gasteiger partial charge in [0.05, 0.1) is 16.6 Å². The van der Waals surface area contributed by atoms with Gasteiger partial charge in [-0.15, -0.1) is 0 Å². The maximum absolute atomic E-state index is 12.9. The highest BCUT2D eigenvalue weighted by Gasteiger charge is 2.31. The summed E-state index contributed by atoms with van der Waals surface area (Å²) in [7, 11) is 0. The van der Waals surface area contributed by atoms with Gasteiger partial charge >= 0.3 is 6.18 Å². The standard InChI is InChI=1S/C19H17ClF3N3/c20-15-4-2-1-3-14(15)12-7-9-26(10-8-12)18-24-16-6-5-13(19(21,22)23)11-17(16)25-18/h1-6,11-12H,7-10H2,(H,24,25). The van der Waals surface area contributed by atoms with Crippen molar-refractivity contribution in [2.24, 2.45) is 0 Å². The van der Waals surface area contributed by atoms with E-state index < -0.39 is 11.7 Å². The topological polar surface area (TPSA) is 31.9 Å². The molecule has 0 bridgehead atoms. The number of hydrogen-bond donors (Lipinski definition) is 1. The van der Waals surface area contributed by atoms with E-state index in [9.17, 15) is 13.2 Å². The number of benzene rings is 2. The van der Waals surface area contributed by atoms with Gasteiger partial charge in [0, 0.05) is 18.1 Å². The van der Waals surface area contributed by atoms with Gasteiger partial charge in [-0.2, -0.15) is 13.2 Å². The summed E-state index contributed by atoms with van der Waals surface area (Å²) in [5, 5.41) is 0.786. The Morgan fingerprint density at radius 3 is 2.50 bits per heavy atom. The number of piperidine rings is 1. The summed E-state index contributed by atoms with van der Waals surface area (Å²) in [6.45, 7) is 1.56. The van der Waals surface area contributed by atoms with E-state index >= 15 is 0 Å². The normalized spacial score (nSPS) is 16.4. The summed E-state index contributed by atoms with van der Waals surface area (Å²) < 4.78 is 38.6. The first-order valence-corrected chi connectivity index (χ1v) is 8.86. The molecule has 3 nitrogen and oxygen atoms in total. The number of H-pyrrole nitrogens is 1. The van der Waals surface area contributed by atoms with Crippen LogP contribution in [-0.4, -0.2) is 23.1 Å². The largest absolute Gasteiger partial charge is 0.416 e. The quantitative estimate of drug-likeness (QED) is 0.626. The van der Waals surface area contributed by atoms with Gasteiger partial charge in [0.15, 0.2) is 0 Å². The predicted molar refractivity (Wildman–Crippen MR) is 96.7 cm³/mol. The predicted octanol–water partition coefficient (Wildman–Crippen LogP) is 5.62. The lowest BCUT2D eigenvalue weighted by Gasteiger charge is -2.32. The minimum absolute atomic E-state index is 0.390. The van der Waals surface area contributed by atoms with Gasteiger partial charge in [0.2, 0.25) is 5.95 Å². The maximum atomic E-state index is 12.9. The monoisotopic (exact) mass is 379 g/mol. The number of halogens is 4. The second-order valence-corrected chi connectivity index (χ2v) is 6.98. The van der Waals surface area contributed by atoms with E-state index in [-0.39, 0.29) is 0 Å². The molecule has 0 spiro atoms. The molecule has 2 heterocycles. The molecule has 26 heavy (non-hydrogen) atoms. The van der Waals surface area contributed by atoms with Crippen LogP contribution < -0.4 is 4.90 Å². The number of imidazole rings is 1. The summed E-state index contributed by atoms with van der Waals surface area (Å²) in [4.78, 5) is 9.57. The molecule has 136 valence electrons. The van der Waals surface area contributed by atoms with Gasteiger partial charge in [-0.3, -0.25) is 0 Å². The van der Waals surface area contributed by atoms with E-state index in [2.05, 4.69) is 20.9 Å². The first-order chi connectivity index (χ1) is 12.4. The summed E-state index contributed by atoms with van der Waals surface area (Å²) in [6.07, 6.45) is -2.50. The molecule has 3 aromatic rings. The SMILES string of the molecule is FC(F)(F)c1ccc2nc(N3CCC(c4ccccc4Cl)CC3)[nH]c2c1. The number of rotatable bonds is 2. The zero-order chi connectivity index (χ0) is 18.3. The molecule has 1 aromatic heterocycles. The first kappa shape index (κ1) is 17.2. The van der Waals surface area contributed by atoms with E-state index in [0.717, 1.165) is 48.6 Å². The lowest BCUT2D eigenvalue weighted by molar-refractivity contribution is -0.137. The molecule has 1 saturated heterocycles. The number of anilines is 1. The van der Waals surface area contributed by atoms with Crippen LogP contribution in [0.4, 0.5) is 19.1 Å². The smallest absolute Gasteiger partial charge is 0.342 e. The number of alkyl halides is 3. The molecular weight excluding hydrogens is 363 g/mol. The third kappa shape index (κ3) is 3.26. The Morgan fingerprint density at radius 1 is 1.08 bits per heavy atom. The van der Waals surface area contributed by atoms with Crippen LogP contribution in [0.1, 0.15) is 29.9 Å². The number of aromatic amines is 1. The van der Waals surface area contributed by atoms with Crippen LogP contribution in [0, 0.1) is 0 Å². The molecule has 0 amide bonds. The van der Waals surface area contributed by atoms with Gasteiger partial charge in [0.1, 0.15) is 0 Å². The average Bonchev–Trinajstić information content (AvgIpc) is 3.05. The number of nitrogens with one attached hydrogen (secondary N) is 1. The number of aromatic nitrogens is 2. The molecule has 1 aliphatic rings. The van der Waals surface area contributed by atoms with Crippen molar-refractivity contribution in [3.8, 4) is 0 Å². The molecule has 1 aliphatic heterocycles. The van der Waals surface area contributed by atoms with Gasteiger partial charge in [-0.1, -0.05) is 29.8 Å². The zero-order valence-electron chi connectivity index (χ0n) is 13.9. The second-order valence-electron chi connectivity index (χ2n) is 6.57. The molecule has 2 aromatic carbocycles. The maximum Gasteiger partial charge on any atom is 0.416 e. The third-order valence-electron chi connectivity index (χ3n) is 4.94. The van der Waals surface area contributed by atoms with Gasteiger partial charge in [-0.25, -0.2) is 4.98 Å². The fourth-order valence-electron chi connectivity index (χ4n) is 3.53. The summed E-state index contributed by atoms with van der Waals surface area (Å²) in [6, 6.07) is 11.5. The molecule has 1 N–H and O–H groups in total. The van der Waals surface area contributed by atoms with Crippen molar-refractivity contribution in [3.63, 3.8) is 0 Å². The van der Waals surface area contributed by atoms with E-state index in [1.54, 1.807) is 0 Å². The lowest BCUT2D eigenvalue weighted by Crippen LogP contribution is -2.33. The Bertz CT molecular complexity index is 927. The highest BCUT2D eigenvalue weighted by atomic mass is 35.5. The Hall–Kier alpha value is -2.21. The highest BCUT2D eigenvalue weighted by molar-refractivity contribution is 6.31. The minimum atomic E-state index is -4.35. The van der Waals surface area contributed by atoms with Crippen molar-refractivity contribution in [2.75, 3.05) is 18.0 Å². The van der Waals surface area contributed by atoms with Crippen molar-refractivity contribution >= 4 is 28.6 Å². The number of fused-ring (bicyclic) bond motifs is 1. The van der Waals surface area contributed by atoms with Crippen molar-refractivity contribution in [3.05, 3.63) is 58.6 Å². The van der Waals surface area contributed by atoms with E-state index in [1.165, 1.54) is 6.07 Å². The first-order valence-electron chi connectivity index (χ1n) is 8.48. The summed E-state index contributed by atoms with van der Waals surface area (Å²) in [5.41, 5.74) is 1.44. The van der Waals surface area contributed by atoms with E-state index in [1.807, 2.05) is 18.2 Å². The van der Waals surface area contributed by atoms with Crippen LogP contribution >= 0.6 is 11.6 Å². The minimum Gasteiger partial charge on any atom is -0.342 e. The summed E-state index contributed by atoms with van der Waals surface area (Å²) >= 11 is 6.29. The molecule has 1 fully saturated rings. The molecule has 0 unspecified atom stereocenters.